The summed E-state index contributed by atoms with van der Waals surface area (Å²) in [6.07, 6.45) is 0. The molecule has 2 aromatic rings. The second-order valence-corrected chi connectivity index (χ2v) is 5.43. The van der Waals surface area contributed by atoms with E-state index in [1.165, 1.54) is 5.56 Å². The molecule has 0 atom stereocenters. The van der Waals surface area contributed by atoms with Gasteiger partial charge in [0.2, 0.25) is 5.95 Å². The van der Waals surface area contributed by atoms with E-state index in [1.54, 1.807) is 0 Å². The number of anilines is 2. The van der Waals surface area contributed by atoms with Crippen molar-refractivity contribution in [2.24, 2.45) is 0 Å². The minimum atomic E-state index is 0.0601. The predicted molar refractivity (Wildman–Crippen MR) is 79.2 cm³/mol. The van der Waals surface area contributed by atoms with Crippen LogP contribution in [-0.2, 0) is 10.2 Å². The van der Waals surface area contributed by atoms with Gasteiger partial charge in [0, 0.05) is 11.0 Å². The van der Waals surface area contributed by atoms with Crippen molar-refractivity contribution in [3.05, 3.63) is 35.4 Å². The molecule has 1 aromatic heterocycles. The molecule has 0 saturated carbocycles. The van der Waals surface area contributed by atoms with Crippen molar-refractivity contribution in [3.8, 4) is 17.3 Å². The number of benzene rings is 1. The van der Waals surface area contributed by atoms with Crippen molar-refractivity contribution < 1.29 is 4.74 Å². The second kappa shape index (κ2) is 4.72. The molecule has 3 rings (SSSR count). The van der Waals surface area contributed by atoms with E-state index in [1.807, 2.05) is 30.3 Å². The third kappa shape index (κ3) is 2.18. The van der Waals surface area contributed by atoms with Crippen molar-refractivity contribution in [2.45, 2.75) is 12.3 Å². The lowest BCUT2D eigenvalue weighted by atomic mass is 9.80. The molecule has 1 aliphatic rings. The smallest absolute Gasteiger partial charge is 0.222 e. The van der Waals surface area contributed by atoms with E-state index in [2.05, 4.69) is 16.9 Å². The molecule has 1 aliphatic heterocycles. The minimum absolute atomic E-state index is 0.0601. The Morgan fingerprint density at radius 1 is 1.19 bits per heavy atom. The summed E-state index contributed by atoms with van der Waals surface area (Å²) in [6.45, 7) is 3.61. The van der Waals surface area contributed by atoms with Gasteiger partial charge in [0.05, 0.1) is 18.9 Å². The molecule has 2 heterocycles. The molecule has 106 valence electrons. The highest BCUT2D eigenvalue weighted by Gasteiger charge is 2.35. The molecule has 1 aromatic carbocycles. The Bertz CT molecular complexity index is 729. The largest absolute Gasteiger partial charge is 0.382 e. The highest BCUT2D eigenvalue weighted by atomic mass is 16.5. The number of aromatic nitrogens is 2. The van der Waals surface area contributed by atoms with E-state index < -0.39 is 0 Å². The van der Waals surface area contributed by atoms with Crippen molar-refractivity contribution in [2.75, 3.05) is 24.7 Å². The maximum atomic E-state index is 9.22. The third-order valence-corrected chi connectivity index (χ3v) is 3.76. The van der Waals surface area contributed by atoms with Gasteiger partial charge in [0.15, 0.2) is 0 Å². The number of rotatable bonds is 2. The second-order valence-electron chi connectivity index (χ2n) is 5.43. The number of nitriles is 1. The van der Waals surface area contributed by atoms with Crippen molar-refractivity contribution >= 4 is 11.8 Å². The maximum Gasteiger partial charge on any atom is 0.222 e. The summed E-state index contributed by atoms with van der Waals surface area (Å²) in [5.41, 5.74) is 14.1. The normalized spacial score (nSPS) is 16.0. The summed E-state index contributed by atoms with van der Waals surface area (Å²) in [6, 6.07) is 9.91. The molecule has 0 aliphatic carbocycles. The summed E-state index contributed by atoms with van der Waals surface area (Å²) < 4.78 is 5.28. The van der Waals surface area contributed by atoms with E-state index >= 15 is 0 Å². The van der Waals surface area contributed by atoms with Crippen LogP contribution in [0.3, 0.4) is 0 Å². The van der Waals surface area contributed by atoms with Gasteiger partial charge in [0.1, 0.15) is 17.5 Å². The SMILES string of the molecule is CC1(c2ccc(-c3nc(N)nc(N)c3C#N)cc2)COC1. The molecule has 1 saturated heterocycles. The van der Waals surface area contributed by atoms with Crippen molar-refractivity contribution in [1.82, 2.24) is 9.97 Å². The lowest BCUT2D eigenvalue weighted by molar-refractivity contribution is -0.0500. The summed E-state index contributed by atoms with van der Waals surface area (Å²) in [5.74, 6) is 0.161. The van der Waals surface area contributed by atoms with Gasteiger partial charge in [-0.25, -0.2) is 4.98 Å². The first-order chi connectivity index (χ1) is 10.0. The summed E-state index contributed by atoms with van der Waals surface area (Å²) in [4.78, 5) is 7.96. The molecular formula is C15H15N5O. The van der Waals surface area contributed by atoms with Crippen LogP contribution < -0.4 is 11.5 Å². The fourth-order valence-corrected chi connectivity index (χ4v) is 2.42. The van der Waals surface area contributed by atoms with E-state index in [4.69, 9.17) is 16.2 Å². The Hall–Kier alpha value is -2.65. The van der Waals surface area contributed by atoms with Crippen LogP contribution in [-0.4, -0.2) is 23.2 Å². The average Bonchev–Trinajstić information content (AvgIpc) is 2.44. The third-order valence-electron chi connectivity index (χ3n) is 3.76. The van der Waals surface area contributed by atoms with Crippen LogP contribution in [0, 0.1) is 11.3 Å². The van der Waals surface area contributed by atoms with E-state index in [0.29, 0.717) is 5.69 Å². The molecule has 21 heavy (non-hydrogen) atoms. The number of nitrogen functional groups attached to an aromatic ring is 2. The zero-order valence-electron chi connectivity index (χ0n) is 11.6. The number of nitrogens with two attached hydrogens (primary N) is 2. The zero-order valence-corrected chi connectivity index (χ0v) is 11.6. The summed E-state index contributed by atoms with van der Waals surface area (Å²) >= 11 is 0. The van der Waals surface area contributed by atoms with Crippen molar-refractivity contribution in [3.63, 3.8) is 0 Å². The first kappa shape index (κ1) is 13.3. The molecule has 6 nitrogen and oxygen atoms in total. The summed E-state index contributed by atoms with van der Waals surface area (Å²) in [5, 5.41) is 9.22. The standard InChI is InChI=1S/C15H15N5O/c1-15(7-21-8-15)10-4-2-9(3-5-10)12-11(6-16)13(17)20-14(18)19-12/h2-5H,7-8H2,1H3,(H4,17,18,19,20). The Morgan fingerprint density at radius 3 is 2.38 bits per heavy atom. The number of ether oxygens (including phenoxy) is 1. The molecule has 1 fully saturated rings. The first-order valence-electron chi connectivity index (χ1n) is 6.55. The van der Waals surface area contributed by atoms with E-state index in [0.717, 1.165) is 18.8 Å². The van der Waals surface area contributed by atoms with Crippen LogP contribution >= 0.6 is 0 Å². The average molecular weight is 281 g/mol. The number of nitrogens with zero attached hydrogens (tertiary/aromatic N) is 3. The quantitative estimate of drug-likeness (QED) is 0.862. The maximum absolute atomic E-state index is 9.22. The molecule has 0 spiro atoms. The van der Waals surface area contributed by atoms with E-state index in [9.17, 15) is 5.26 Å². The lowest BCUT2D eigenvalue weighted by Gasteiger charge is -2.38. The van der Waals surface area contributed by atoms with Crippen LogP contribution in [0.4, 0.5) is 11.8 Å². The van der Waals surface area contributed by atoms with Crippen LogP contribution in [0.25, 0.3) is 11.3 Å². The molecular weight excluding hydrogens is 266 g/mol. The first-order valence-corrected chi connectivity index (χ1v) is 6.55. The molecule has 0 radical (unpaired) electrons. The fourth-order valence-electron chi connectivity index (χ4n) is 2.42. The summed E-state index contributed by atoms with van der Waals surface area (Å²) in [7, 11) is 0. The highest BCUT2D eigenvalue weighted by molar-refractivity contribution is 5.73. The van der Waals surface area contributed by atoms with Crippen LogP contribution in [0.5, 0.6) is 0 Å². The van der Waals surface area contributed by atoms with Gasteiger partial charge < -0.3 is 16.2 Å². The molecule has 4 N–H and O–H groups in total. The van der Waals surface area contributed by atoms with Gasteiger partial charge in [-0.1, -0.05) is 31.2 Å². The van der Waals surface area contributed by atoms with Gasteiger partial charge >= 0.3 is 0 Å². The van der Waals surface area contributed by atoms with Crippen LogP contribution in [0.1, 0.15) is 18.1 Å². The highest BCUT2D eigenvalue weighted by Crippen LogP contribution is 2.33. The Labute approximate surface area is 122 Å². The molecule has 6 heteroatoms. The van der Waals surface area contributed by atoms with Gasteiger partial charge in [-0.05, 0) is 5.56 Å². The zero-order chi connectivity index (χ0) is 15.0. The fraction of sp³-hybridized carbons (Fsp3) is 0.267. The van der Waals surface area contributed by atoms with Gasteiger partial charge in [0.25, 0.3) is 0 Å². The van der Waals surface area contributed by atoms with Gasteiger partial charge in [-0.3, -0.25) is 0 Å². The van der Waals surface area contributed by atoms with E-state index in [-0.39, 0.29) is 22.7 Å². The Kier molecular flexibility index (Phi) is 3.00. The van der Waals surface area contributed by atoms with Gasteiger partial charge in [-0.15, -0.1) is 0 Å². The number of hydrogen-bond donors (Lipinski definition) is 2. The van der Waals surface area contributed by atoms with Gasteiger partial charge in [-0.2, -0.15) is 10.2 Å². The Balaban J connectivity index is 2.04. The number of hydrogen-bond acceptors (Lipinski definition) is 6. The lowest BCUT2D eigenvalue weighted by Crippen LogP contribution is -2.43. The molecule has 0 amide bonds. The monoisotopic (exact) mass is 281 g/mol. The topological polar surface area (TPSA) is 111 Å². The van der Waals surface area contributed by atoms with Crippen LogP contribution in [0.2, 0.25) is 0 Å². The van der Waals surface area contributed by atoms with Crippen LogP contribution in [0.15, 0.2) is 24.3 Å². The molecule has 0 unspecified atom stereocenters. The minimum Gasteiger partial charge on any atom is -0.382 e. The predicted octanol–water partition coefficient (Wildman–Crippen LogP) is 1.47. The van der Waals surface area contributed by atoms with Crippen molar-refractivity contribution in [1.29, 1.82) is 5.26 Å². The molecule has 0 bridgehead atoms. The Morgan fingerprint density at radius 2 is 1.86 bits per heavy atom.